The van der Waals surface area contributed by atoms with Gasteiger partial charge >= 0.3 is 5.97 Å². The van der Waals surface area contributed by atoms with Crippen LogP contribution in [0.4, 0.5) is 0 Å². The van der Waals surface area contributed by atoms with Crippen LogP contribution in [0.5, 0.6) is 5.75 Å². The first-order chi connectivity index (χ1) is 10.1. The monoisotopic (exact) mass is 293 g/mol. The Balaban J connectivity index is 1.88. The number of hydrogen-bond donors (Lipinski definition) is 2. The number of aryl methyl sites for hydroxylation is 1. The molecule has 0 aromatic heterocycles. The fraction of sp³-hybridized carbons (Fsp3) is 0.467. The number of ether oxygens (including phenoxy) is 2. The Labute approximate surface area is 123 Å². The van der Waals surface area contributed by atoms with Gasteiger partial charge in [0.2, 0.25) is 0 Å². The third-order valence-electron chi connectivity index (χ3n) is 3.38. The van der Waals surface area contributed by atoms with E-state index in [4.69, 9.17) is 14.6 Å². The highest BCUT2D eigenvalue weighted by Gasteiger charge is 2.16. The summed E-state index contributed by atoms with van der Waals surface area (Å²) in [5, 5.41) is 11.8. The summed E-state index contributed by atoms with van der Waals surface area (Å²) < 4.78 is 10.6. The zero-order chi connectivity index (χ0) is 15.2. The van der Waals surface area contributed by atoms with Gasteiger partial charge in [0.05, 0.1) is 5.56 Å². The SMILES string of the molecule is Cc1ccc(C(=O)O)cc1OCC(=O)NC1CCOCC1. The van der Waals surface area contributed by atoms with Crippen LogP contribution >= 0.6 is 0 Å². The average Bonchev–Trinajstić information content (AvgIpc) is 2.47. The van der Waals surface area contributed by atoms with Crippen LogP contribution in [0.25, 0.3) is 0 Å². The average molecular weight is 293 g/mol. The zero-order valence-electron chi connectivity index (χ0n) is 11.9. The molecular formula is C15H19NO5. The smallest absolute Gasteiger partial charge is 0.335 e. The van der Waals surface area contributed by atoms with Crippen LogP contribution in [0.3, 0.4) is 0 Å². The Hall–Kier alpha value is -2.08. The van der Waals surface area contributed by atoms with Crippen molar-refractivity contribution in [1.82, 2.24) is 5.32 Å². The third kappa shape index (κ3) is 4.46. The molecule has 6 nitrogen and oxygen atoms in total. The number of amides is 1. The molecule has 1 amide bonds. The molecule has 0 unspecified atom stereocenters. The molecule has 0 saturated carbocycles. The summed E-state index contributed by atoms with van der Waals surface area (Å²) >= 11 is 0. The van der Waals surface area contributed by atoms with E-state index in [2.05, 4.69) is 5.32 Å². The van der Waals surface area contributed by atoms with E-state index in [1.54, 1.807) is 13.0 Å². The molecule has 0 spiro atoms. The second-order valence-electron chi connectivity index (χ2n) is 5.03. The molecule has 1 fully saturated rings. The number of benzene rings is 1. The maximum Gasteiger partial charge on any atom is 0.335 e. The number of hydrogen-bond acceptors (Lipinski definition) is 4. The standard InChI is InChI=1S/C15H19NO5/c1-10-2-3-11(15(18)19)8-13(10)21-9-14(17)16-12-4-6-20-7-5-12/h2-3,8,12H,4-7,9H2,1H3,(H,16,17)(H,18,19). The lowest BCUT2D eigenvalue weighted by Gasteiger charge is -2.23. The van der Waals surface area contributed by atoms with Crippen LogP contribution in [-0.4, -0.2) is 42.8 Å². The predicted molar refractivity (Wildman–Crippen MR) is 75.6 cm³/mol. The fourth-order valence-corrected chi connectivity index (χ4v) is 2.14. The van der Waals surface area contributed by atoms with Crippen molar-refractivity contribution in [2.24, 2.45) is 0 Å². The normalized spacial score (nSPS) is 15.5. The summed E-state index contributed by atoms with van der Waals surface area (Å²) in [7, 11) is 0. The summed E-state index contributed by atoms with van der Waals surface area (Å²) in [6.45, 7) is 3.00. The van der Waals surface area contributed by atoms with E-state index in [1.165, 1.54) is 12.1 Å². The van der Waals surface area contributed by atoms with Gasteiger partial charge in [-0.25, -0.2) is 4.79 Å². The first kappa shape index (κ1) is 15.3. The quantitative estimate of drug-likeness (QED) is 0.856. The summed E-state index contributed by atoms with van der Waals surface area (Å²) in [6.07, 6.45) is 1.61. The number of aromatic carboxylic acids is 1. The van der Waals surface area contributed by atoms with Gasteiger partial charge in [-0.05, 0) is 37.5 Å². The molecule has 0 bridgehead atoms. The van der Waals surface area contributed by atoms with Crippen LogP contribution in [-0.2, 0) is 9.53 Å². The molecule has 1 aliphatic rings. The molecule has 21 heavy (non-hydrogen) atoms. The third-order valence-corrected chi connectivity index (χ3v) is 3.38. The maximum atomic E-state index is 11.8. The van der Waals surface area contributed by atoms with Gasteiger partial charge in [0.25, 0.3) is 5.91 Å². The van der Waals surface area contributed by atoms with E-state index in [1.807, 2.05) is 0 Å². The van der Waals surface area contributed by atoms with Gasteiger partial charge in [0.1, 0.15) is 5.75 Å². The van der Waals surface area contributed by atoms with Gasteiger partial charge in [0, 0.05) is 19.3 Å². The largest absolute Gasteiger partial charge is 0.483 e. The number of carbonyl (C=O) groups excluding carboxylic acids is 1. The van der Waals surface area contributed by atoms with Crippen molar-refractivity contribution in [3.8, 4) is 5.75 Å². The summed E-state index contributed by atoms with van der Waals surface area (Å²) in [5.74, 6) is -0.814. The lowest BCUT2D eigenvalue weighted by molar-refractivity contribution is -0.124. The molecule has 1 aliphatic heterocycles. The number of nitrogens with one attached hydrogen (secondary N) is 1. The number of rotatable bonds is 5. The molecule has 0 radical (unpaired) electrons. The van der Waals surface area contributed by atoms with Gasteiger partial charge in [0.15, 0.2) is 6.61 Å². The van der Waals surface area contributed by atoms with Gasteiger partial charge < -0.3 is 19.9 Å². The molecule has 1 heterocycles. The van der Waals surface area contributed by atoms with E-state index in [9.17, 15) is 9.59 Å². The molecule has 0 atom stereocenters. The molecule has 0 aliphatic carbocycles. The lowest BCUT2D eigenvalue weighted by Crippen LogP contribution is -2.41. The van der Waals surface area contributed by atoms with Gasteiger partial charge in [-0.3, -0.25) is 4.79 Å². The zero-order valence-corrected chi connectivity index (χ0v) is 11.9. The fourth-order valence-electron chi connectivity index (χ4n) is 2.14. The second-order valence-corrected chi connectivity index (χ2v) is 5.03. The molecular weight excluding hydrogens is 274 g/mol. The summed E-state index contributed by atoms with van der Waals surface area (Å²) in [4.78, 5) is 22.7. The molecule has 114 valence electrons. The van der Waals surface area contributed by atoms with Crippen molar-refractivity contribution in [2.75, 3.05) is 19.8 Å². The Morgan fingerprint density at radius 1 is 1.38 bits per heavy atom. The van der Waals surface area contributed by atoms with Crippen molar-refractivity contribution in [1.29, 1.82) is 0 Å². The number of carbonyl (C=O) groups is 2. The highest BCUT2D eigenvalue weighted by molar-refractivity contribution is 5.88. The lowest BCUT2D eigenvalue weighted by atomic mass is 10.1. The van der Waals surface area contributed by atoms with Crippen molar-refractivity contribution in [3.05, 3.63) is 29.3 Å². The Bertz CT molecular complexity index is 523. The first-order valence-electron chi connectivity index (χ1n) is 6.90. The summed E-state index contributed by atoms with van der Waals surface area (Å²) in [5.41, 5.74) is 0.930. The van der Waals surface area contributed by atoms with E-state index in [0.29, 0.717) is 19.0 Å². The van der Waals surface area contributed by atoms with Gasteiger partial charge in [-0.1, -0.05) is 6.07 Å². The van der Waals surface area contributed by atoms with Crippen LogP contribution in [0, 0.1) is 6.92 Å². The van der Waals surface area contributed by atoms with E-state index >= 15 is 0 Å². The minimum absolute atomic E-state index is 0.124. The number of carboxylic acids is 1. The number of carboxylic acid groups (broad SMARTS) is 1. The van der Waals surface area contributed by atoms with Crippen molar-refractivity contribution < 1.29 is 24.2 Å². The summed E-state index contributed by atoms with van der Waals surface area (Å²) in [6, 6.07) is 4.72. The Kier molecular flexibility index (Phi) is 5.16. The van der Waals surface area contributed by atoms with Crippen molar-refractivity contribution >= 4 is 11.9 Å². The molecule has 1 aromatic carbocycles. The van der Waals surface area contributed by atoms with E-state index < -0.39 is 5.97 Å². The molecule has 2 rings (SSSR count). The van der Waals surface area contributed by atoms with E-state index in [-0.39, 0.29) is 24.1 Å². The predicted octanol–water partition coefficient (Wildman–Crippen LogP) is 1.37. The van der Waals surface area contributed by atoms with Crippen LogP contribution < -0.4 is 10.1 Å². The molecule has 1 saturated heterocycles. The molecule has 6 heteroatoms. The minimum Gasteiger partial charge on any atom is -0.483 e. The van der Waals surface area contributed by atoms with Crippen molar-refractivity contribution in [2.45, 2.75) is 25.8 Å². The van der Waals surface area contributed by atoms with Gasteiger partial charge in [-0.15, -0.1) is 0 Å². The maximum absolute atomic E-state index is 11.8. The highest BCUT2D eigenvalue weighted by atomic mass is 16.5. The Morgan fingerprint density at radius 3 is 2.76 bits per heavy atom. The molecule has 2 N–H and O–H groups in total. The Morgan fingerprint density at radius 2 is 2.10 bits per heavy atom. The van der Waals surface area contributed by atoms with Gasteiger partial charge in [-0.2, -0.15) is 0 Å². The van der Waals surface area contributed by atoms with Crippen LogP contribution in [0.15, 0.2) is 18.2 Å². The van der Waals surface area contributed by atoms with Crippen LogP contribution in [0.1, 0.15) is 28.8 Å². The highest BCUT2D eigenvalue weighted by Crippen LogP contribution is 2.19. The van der Waals surface area contributed by atoms with Crippen LogP contribution in [0.2, 0.25) is 0 Å². The topological polar surface area (TPSA) is 84.9 Å². The molecule has 1 aromatic rings. The van der Waals surface area contributed by atoms with Crippen molar-refractivity contribution in [3.63, 3.8) is 0 Å². The minimum atomic E-state index is -1.02. The first-order valence-corrected chi connectivity index (χ1v) is 6.90. The van der Waals surface area contributed by atoms with E-state index in [0.717, 1.165) is 18.4 Å². The second kappa shape index (κ2) is 7.08.